The van der Waals surface area contributed by atoms with Crippen LogP contribution in [0.2, 0.25) is 0 Å². The minimum Gasteiger partial charge on any atom is -0.356 e. The van der Waals surface area contributed by atoms with Crippen LogP contribution in [0.4, 0.5) is 0 Å². The van der Waals surface area contributed by atoms with Crippen molar-refractivity contribution in [2.75, 3.05) is 19.6 Å². The summed E-state index contributed by atoms with van der Waals surface area (Å²) in [7, 11) is 0. The molecule has 0 radical (unpaired) electrons. The molecule has 136 valence electrons. The largest absolute Gasteiger partial charge is 0.356 e. The number of halogens is 1. The highest BCUT2D eigenvalue weighted by molar-refractivity contribution is 9.10. The van der Waals surface area contributed by atoms with Gasteiger partial charge in [0.25, 0.3) is 5.91 Å². The fraction of sp³-hybridized carbons (Fsp3) is 0.350. The predicted octanol–water partition coefficient (Wildman–Crippen LogP) is 3.06. The molecule has 3 rings (SSSR count). The summed E-state index contributed by atoms with van der Waals surface area (Å²) in [5.41, 5.74) is 1.64. The zero-order valence-corrected chi connectivity index (χ0v) is 16.1. The van der Waals surface area contributed by atoms with Gasteiger partial charge in [0.05, 0.1) is 12.0 Å². The highest BCUT2D eigenvalue weighted by Crippen LogP contribution is 2.18. The number of pyridine rings is 1. The molecule has 2 amide bonds. The molecule has 0 spiro atoms. The summed E-state index contributed by atoms with van der Waals surface area (Å²) in [4.78, 5) is 30.4. The molecule has 2 heterocycles. The lowest BCUT2D eigenvalue weighted by molar-refractivity contribution is -0.120. The van der Waals surface area contributed by atoms with E-state index in [0.717, 1.165) is 36.0 Å². The number of benzene rings is 1. The van der Waals surface area contributed by atoms with E-state index in [9.17, 15) is 9.59 Å². The lowest BCUT2D eigenvalue weighted by atomic mass is 9.96. The maximum absolute atomic E-state index is 12.4. The van der Waals surface area contributed by atoms with E-state index < -0.39 is 0 Å². The second-order valence-electron chi connectivity index (χ2n) is 6.58. The van der Waals surface area contributed by atoms with Crippen molar-refractivity contribution >= 4 is 27.7 Å². The van der Waals surface area contributed by atoms with Crippen molar-refractivity contribution in [3.8, 4) is 0 Å². The lowest BCUT2D eigenvalue weighted by Crippen LogP contribution is -2.41. The third-order valence-corrected chi connectivity index (χ3v) is 5.20. The number of carbonyl (C=O) groups excluding carboxylic acids is 2. The van der Waals surface area contributed by atoms with Gasteiger partial charge < -0.3 is 10.2 Å². The van der Waals surface area contributed by atoms with Crippen LogP contribution in [0, 0.1) is 5.92 Å². The van der Waals surface area contributed by atoms with Gasteiger partial charge in [0.1, 0.15) is 0 Å². The van der Waals surface area contributed by atoms with Crippen molar-refractivity contribution in [3.63, 3.8) is 0 Å². The number of rotatable bonds is 5. The van der Waals surface area contributed by atoms with Gasteiger partial charge in [0.2, 0.25) is 5.91 Å². The summed E-state index contributed by atoms with van der Waals surface area (Å²) in [5.74, 6) is 0.499. The smallest absolute Gasteiger partial charge is 0.255 e. The standard InChI is InChI=1S/C20H22BrN3O2/c21-18-5-3-15(4-6-18)12-19(25)23-13-16-7-10-24(11-8-16)20(26)17-2-1-9-22-14-17/h1-6,9,14,16H,7-8,10-13H2,(H,23,25). The SMILES string of the molecule is O=C(Cc1ccc(Br)cc1)NCC1CCN(C(=O)c2cccnc2)CC1. The molecule has 26 heavy (non-hydrogen) atoms. The summed E-state index contributed by atoms with van der Waals surface area (Å²) in [6.45, 7) is 2.12. The van der Waals surface area contributed by atoms with Crippen LogP contribution in [0.5, 0.6) is 0 Å². The number of piperidine rings is 1. The minimum absolute atomic E-state index is 0.0378. The second-order valence-corrected chi connectivity index (χ2v) is 7.50. The maximum atomic E-state index is 12.4. The van der Waals surface area contributed by atoms with Crippen molar-refractivity contribution in [3.05, 3.63) is 64.4 Å². The third-order valence-electron chi connectivity index (χ3n) is 4.68. The fourth-order valence-electron chi connectivity index (χ4n) is 3.12. The Labute approximate surface area is 161 Å². The monoisotopic (exact) mass is 415 g/mol. The normalized spacial score (nSPS) is 14.9. The summed E-state index contributed by atoms with van der Waals surface area (Å²) < 4.78 is 1.01. The van der Waals surface area contributed by atoms with Gasteiger partial charge in [-0.25, -0.2) is 0 Å². The Balaban J connectivity index is 1.40. The second kappa shape index (κ2) is 8.94. The molecule has 1 saturated heterocycles. The Morgan fingerprint density at radius 1 is 1.15 bits per heavy atom. The molecule has 5 nitrogen and oxygen atoms in total. The summed E-state index contributed by atoms with van der Waals surface area (Å²) in [6, 6.07) is 11.4. The molecule has 1 aliphatic heterocycles. The van der Waals surface area contributed by atoms with Crippen LogP contribution in [0.1, 0.15) is 28.8 Å². The number of aromatic nitrogens is 1. The topological polar surface area (TPSA) is 62.3 Å². The van der Waals surface area contributed by atoms with Gasteiger partial charge in [0, 0.05) is 36.5 Å². The highest BCUT2D eigenvalue weighted by atomic mass is 79.9. The number of carbonyl (C=O) groups is 2. The summed E-state index contributed by atoms with van der Waals surface area (Å²) in [5, 5.41) is 3.03. The van der Waals surface area contributed by atoms with Crippen LogP contribution in [0.3, 0.4) is 0 Å². The molecule has 0 bridgehead atoms. The molecule has 1 N–H and O–H groups in total. The average Bonchev–Trinajstić information content (AvgIpc) is 2.69. The zero-order valence-electron chi connectivity index (χ0n) is 14.5. The van der Waals surface area contributed by atoms with E-state index >= 15 is 0 Å². The van der Waals surface area contributed by atoms with Crippen LogP contribution in [-0.4, -0.2) is 41.3 Å². The first-order valence-corrected chi connectivity index (χ1v) is 9.61. The summed E-state index contributed by atoms with van der Waals surface area (Å²) >= 11 is 3.39. The van der Waals surface area contributed by atoms with Crippen LogP contribution >= 0.6 is 15.9 Å². The first-order chi connectivity index (χ1) is 12.6. The van der Waals surface area contributed by atoms with Gasteiger partial charge >= 0.3 is 0 Å². The molecule has 1 aromatic carbocycles. The van der Waals surface area contributed by atoms with Gasteiger partial charge in [-0.15, -0.1) is 0 Å². The Bertz CT molecular complexity index is 741. The Morgan fingerprint density at radius 2 is 1.88 bits per heavy atom. The Kier molecular flexibility index (Phi) is 6.39. The molecule has 0 atom stereocenters. The van der Waals surface area contributed by atoms with Crippen molar-refractivity contribution in [1.82, 2.24) is 15.2 Å². The lowest BCUT2D eigenvalue weighted by Gasteiger charge is -2.32. The molecule has 0 unspecified atom stereocenters. The minimum atomic E-state index is 0.0378. The van der Waals surface area contributed by atoms with E-state index in [4.69, 9.17) is 0 Å². The molecule has 2 aromatic rings. The molecule has 0 aliphatic carbocycles. The van der Waals surface area contributed by atoms with Gasteiger partial charge in [-0.05, 0) is 48.6 Å². The average molecular weight is 416 g/mol. The number of hydrogen-bond acceptors (Lipinski definition) is 3. The van der Waals surface area contributed by atoms with Crippen LogP contribution in [-0.2, 0) is 11.2 Å². The van der Waals surface area contributed by atoms with E-state index in [1.54, 1.807) is 24.5 Å². The van der Waals surface area contributed by atoms with Gasteiger partial charge in [-0.3, -0.25) is 14.6 Å². The van der Waals surface area contributed by atoms with Gasteiger partial charge in [-0.2, -0.15) is 0 Å². The highest BCUT2D eigenvalue weighted by Gasteiger charge is 2.23. The number of likely N-dealkylation sites (tertiary alicyclic amines) is 1. The van der Waals surface area contributed by atoms with Crippen LogP contribution < -0.4 is 5.32 Å². The quantitative estimate of drug-likeness (QED) is 0.815. The van der Waals surface area contributed by atoms with Crippen molar-refractivity contribution in [2.45, 2.75) is 19.3 Å². The molecule has 1 aliphatic rings. The first-order valence-electron chi connectivity index (χ1n) is 8.82. The molecule has 6 heteroatoms. The number of hydrogen-bond donors (Lipinski definition) is 1. The van der Waals surface area contributed by atoms with Crippen molar-refractivity contribution < 1.29 is 9.59 Å². The van der Waals surface area contributed by atoms with Crippen molar-refractivity contribution in [2.24, 2.45) is 5.92 Å². The van der Waals surface area contributed by atoms with Crippen LogP contribution in [0.25, 0.3) is 0 Å². The Morgan fingerprint density at radius 3 is 2.54 bits per heavy atom. The first kappa shape index (κ1) is 18.6. The molecule has 0 saturated carbocycles. The zero-order chi connectivity index (χ0) is 18.4. The maximum Gasteiger partial charge on any atom is 0.255 e. The van der Waals surface area contributed by atoms with E-state index in [1.165, 1.54) is 0 Å². The molecular weight excluding hydrogens is 394 g/mol. The number of nitrogens with zero attached hydrogens (tertiary/aromatic N) is 2. The molecular formula is C20H22BrN3O2. The Hall–Kier alpha value is -2.21. The third kappa shape index (κ3) is 5.14. The van der Waals surface area contributed by atoms with Gasteiger partial charge in [0.15, 0.2) is 0 Å². The molecule has 1 fully saturated rings. The van der Waals surface area contributed by atoms with Crippen molar-refractivity contribution in [1.29, 1.82) is 0 Å². The van der Waals surface area contributed by atoms with Gasteiger partial charge in [-0.1, -0.05) is 28.1 Å². The predicted molar refractivity (Wildman–Crippen MR) is 104 cm³/mol. The van der Waals surface area contributed by atoms with E-state index in [-0.39, 0.29) is 11.8 Å². The summed E-state index contributed by atoms with van der Waals surface area (Å²) in [6.07, 6.45) is 5.48. The molecule has 1 aromatic heterocycles. The number of amides is 2. The van der Waals surface area contributed by atoms with Crippen LogP contribution in [0.15, 0.2) is 53.3 Å². The number of nitrogens with one attached hydrogen (secondary N) is 1. The fourth-order valence-corrected chi connectivity index (χ4v) is 3.38. The van der Waals surface area contributed by atoms with E-state index in [2.05, 4.69) is 26.2 Å². The van der Waals surface area contributed by atoms with E-state index in [0.29, 0.717) is 24.4 Å². The van der Waals surface area contributed by atoms with E-state index in [1.807, 2.05) is 29.2 Å².